The van der Waals surface area contributed by atoms with E-state index in [1.165, 1.54) is 5.56 Å². The van der Waals surface area contributed by atoms with Crippen LogP contribution in [-0.2, 0) is 11.2 Å². The van der Waals surface area contributed by atoms with Crippen LogP contribution >= 0.6 is 23.2 Å². The lowest BCUT2D eigenvalue weighted by molar-refractivity contribution is -0.115. The average molecular weight is 495 g/mol. The second kappa shape index (κ2) is 9.20. The standard InChI is InChI=1S/C26H24Cl2N4O2/c1-16-24(26(33)30-31-14-13-17-5-3-4-6-22(17)31)29-32(23-12-9-19(27)15-21(23)28)25(16)18-7-10-20(34-2)11-8-18/h3-12,15-16,25H,13-14H2,1-2H3,(H,30,33)/t16-,25+/m0/s1. The number of anilines is 2. The highest BCUT2D eigenvalue weighted by atomic mass is 35.5. The molecule has 0 bridgehead atoms. The molecular weight excluding hydrogens is 471 g/mol. The number of hydrogen-bond acceptors (Lipinski definition) is 5. The fourth-order valence-electron chi connectivity index (χ4n) is 4.62. The molecule has 2 aliphatic heterocycles. The normalized spacial score (nSPS) is 19.1. The van der Waals surface area contributed by atoms with Gasteiger partial charge in [0.05, 0.1) is 29.5 Å². The zero-order chi connectivity index (χ0) is 23.8. The van der Waals surface area contributed by atoms with Crippen molar-refractivity contribution in [2.45, 2.75) is 19.4 Å². The van der Waals surface area contributed by atoms with Crippen molar-refractivity contribution in [3.05, 3.63) is 87.9 Å². The Bertz CT molecular complexity index is 1260. The molecule has 6 nitrogen and oxygen atoms in total. The van der Waals surface area contributed by atoms with Crippen LogP contribution in [0.15, 0.2) is 71.8 Å². The van der Waals surface area contributed by atoms with Crippen molar-refractivity contribution in [3.8, 4) is 5.75 Å². The molecule has 1 amide bonds. The number of hydrogen-bond donors (Lipinski definition) is 1. The molecule has 5 rings (SSSR count). The van der Waals surface area contributed by atoms with Crippen LogP contribution in [0.4, 0.5) is 11.4 Å². The zero-order valence-corrected chi connectivity index (χ0v) is 20.3. The van der Waals surface area contributed by atoms with E-state index in [9.17, 15) is 4.79 Å². The molecule has 0 aromatic heterocycles. The summed E-state index contributed by atoms with van der Waals surface area (Å²) in [6.07, 6.45) is 0.888. The molecule has 0 saturated heterocycles. The predicted molar refractivity (Wildman–Crippen MR) is 137 cm³/mol. The van der Waals surface area contributed by atoms with Gasteiger partial charge < -0.3 is 4.74 Å². The van der Waals surface area contributed by atoms with Crippen LogP contribution in [0.1, 0.15) is 24.1 Å². The fraction of sp³-hybridized carbons (Fsp3) is 0.231. The zero-order valence-electron chi connectivity index (χ0n) is 18.8. The van der Waals surface area contributed by atoms with E-state index in [1.54, 1.807) is 19.2 Å². The van der Waals surface area contributed by atoms with Gasteiger partial charge in [0.1, 0.15) is 11.5 Å². The molecule has 3 aromatic rings. The summed E-state index contributed by atoms with van der Waals surface area (Å²) in [4.78, 5) is 13.4. The Morgan fingerprint density at radius 1 is 1.06 bits per heavy atom. The van der Waals surface area contributed by atoms with Crippen LogP contribution in [0.25, 0.3) is 0 Å². The molecule has 0 spiro atoms. The van der Waals surface area contributed by atoms with E-state index in [1.807, 2.05) is 65.5 Å². The summed E-state index contributed by atoms with van der Waals surface area (Å²) in [5, 5.41) is 9.50. The third kappa shape index (κ3) is 4.08. The van der Waals surface area contributed by atoms with Crippen LogP contribution in [0.2, 0.25) is 10.0 Å². The summed E-state index contributed by atoms with van der Waals surface area (Å²) >= 11 is 12.7. The maximum absolute atomic E-state index is 13.4. The number of carbonyl (C=O) groups is 1. The number of halogens is 2. The molecular formula is C26H24Cl2N4O2. The summed E-state index contributed by atoms with van der Waals surface area (Å²) in [5.41, 5.74) is 7.42. The summed E-state index contributed by atoms with van der Waals surface area (Å²) in [5.74, 6) is 0.338. The van der Waals surface area contributed by atoms with Gasteiger partial charge in [0, 0.05) is 17.5 Å². The van der Waals surface area contributed by atoms with Crippen molar-refractivity contribution in [3.63, 3.8) is 0 Å². The van der Waals surface area contributed by atoms with Gasteiger partial charge in [0.15, 0.2) is 0 Å². The second-order valence-corrected chi connectivity index (χ2v) is 9.25. The number of hydrazine groups is 1. The second-order valence-electron chi connectivity index (χ2n) is 8.40. The minimum absolute atomic E-state index is 0.196. The van der Waals surface area contributed by atoms with Crippen molar-refractivity contribution in [1.82, 2.24) is 5.43 Å². The Balaban J connectivity index is 1.48. The number of ether oxygens (including phenoxy) is 1. The number of amides is 1. The Kier molecular flexibility index (Phi) is 6.11. The predicted octanol–water partition coefficient (Wildman–Crippen LogP) is 5.65. The lowest BCUT2D eigenvalue weighted by Gasteiger charge is -2.28. The average Bonchev–Trinajstić information content (AvgIpc) is 3.40. The molecule has 34 heavy (non-hydrogen) atoms. The van der Waals surface area contributed by atoms with E-state index in [0.717, 1.165) is 30.0 Å². The molecule has 1 N–H and O–H groups in total. The monoisotopic (exact) mass is 494 g/mol. The fourth-order valence-corrected chi connectivity index (χ4v) is 5.11. The smallest absolute Gasteiger partial charge is 0.286 e. The van der Waals surface area contributed by atoms with Crippen molar-refractivity contribution in [2.24, 2.45) is 11.0 Å². The highest BCUT2D eigenvalue weighted by Gasteiger charge is 2.40. The summed E-state index contributed by atoms with van der Waals surface area (Å²) in [6, 6.07) is 20.9. The molecule has 3 aromatic carbocycles. The van der Waals surface area contributed by atoms with Gasteiger partial charge >= 0.3 is 0 Å². The summed E-state index contributed by atoms with van der Waals surface area (Å²) in [6.45, 7) is 2.73. The highest BCUT2D eigenvalue weighted by Crippen LogP contribution is 2.42. The van der Waals surface area contributed by atoms with Gasteiger partial charge in [-0.05, 0) is 53.9 Å². The number of hydrazone groups is 1. The van der Waals surface area contributed by atoms with Gasteiger partial charge in [-0.1, -0.05) is 60.5 Å². The molecule has 0 saturated carbocycles. The van der Waals surface area contributed by atoms with Gasteiger partial charge in [0.2, 0.25) is 0 Å². The third-order valence-electron chi connectivity index (χ3n) is 6.35. The van der Waals surface area contributed by atoms with Crippen LogP contribution in [0, 0.1) is 5.92 Å². The first-order valence-electron chi connectivity index (χ1n) is 11.1. The maximum Gasteiger partial charge on any atom is 0.286 e. The van der Waals surface area contributed by atoms with Crippen molar-refractivity contribution in [2.75, 3.05) is 23.7 Å². The molecule has 0 aliphatic carbocycles. The van der Waals surface area contributed by atoms with Gasteiger partial charge in [-0.3, -0.25) is 20.2 Å². The van der Waals surface area contributed by atoms with E-state index < -0.39 is 0 Å². The number of nitrogens with zero attached hydrogens (tertiary/aromatic N) is 3. The molecule has 8 heteroatoms. The van der Waals surface area contributed by atoms with Gasteiger partial charge in [-0.25, -0.2) is 0 Å². The minimum Gasteiger partial charge on any atom is -0.497 e. The van der Waals surface area contributed by atoms with Crippen LogP contribution in [0.5, 0.6) is 5.75 Å². The quantitative estimate of drug-likeness (QED) is 0.497. The Hall–Kier alpha value is -3.22. The topological polar surface area (TPSA) is 57.2 Å². The van der Waals surface area contributed by atoms with E-state index in [-0.39, 0.29) is 17.9 Å². The Morgan fingerprint density at radius 3 is 2.56 bits per heavy atom. The summed E-state index contributed by atoms with van der Waals surface area (Å²) in [7, 11) is 1.63. The largest absolute Gasteiger partial charge is 0.497 e. The maximum atomic E-state index is 13.4. The summed E-state index contributed by atoms with van der Waals surface area (Å²) < 4.78 is 5.32. The van der Waals surface area contributed by atoms with E-state index in [4.69, 9.17) is 33.0 Å². The van der Waals surface area contributed by atoms with E-state index >= 15 is 0 Å². The molecule has 0 radical (unpaired) electrons. The first-order chi connectivity index (χ1) is 16.5. The van der Waals surface area contributed by atoms with E-state index in [2.05, 4.69) is 11.5 Å². The molecule has 174 valence electrons. The van der Waals surface area contributed by atoms with Crippen LogP contribution in [-0.4, -0.2) is 25.3 Å². The highest BCUT2D eigenvalue weighted by molar-refractivity contribution is 6.41. The van der Waals surface area contributed by atoms with Gasteiger partial charge in [-0.15, -0.1) is 0 Å². The van der Waals surface area contributed by atoms with Crippen molar-refractivity contribution in [1.29, 1.82) is 0 Å². The SMILES string of the molecule is COc1ccc([C@H]2[C@@H](C)C(C(=O)NN3CCc4ccccc43)=NN2c2ccc(Cl)cc2Cl)cc1. The lowest BCUT2D eigenvalue weighted by Crippen LogP contribution is -2.45. The number of benzene rings is 3. The molecule has 2 heterocycles. The Labute approximate surface area is 208 Å². The number of para-hydroxylation sites is 1. The number of methoxy groups -OCH3 is 1. The lowest BCUT2D eigenvalue weighted by atomic mass is 9.91. The third-order valence-corrected chi connectivity index (χ3v) is 6.89. The number of rotatable bonds is 5. The molecule has 0 unspecified atom stereocenters. The minimum atomic E-state index is -0.227. The Morgan fingerprint density at radius 2 is 1.82 bits per heavy atom. The van der Waals surface area contributed by atoms with Crippen LogP contribution < -0.4 is 20.2 Å². The van der Waals surface area contributed by atoms with Gasteiger partial charge in [-0.2, -0.15) is 5.10 Å². The first kappa shape index (κ1) is 22.6. The first-order valence-corrected chi connectivity index (χ1v) is 11.8. The number of nitrogens with one attached hydrogen (secondary N) is 1. The molecule has 2 atom stereocenters. The van der Waals surface area contributed by atoms with Crippen molar-refractivity contribution < 1.29 is 9.53 Å². The van der Waals surface area contributed by atoms with Crippen LogP contribution in [0.3, 0.4) is 0 Å². The van der Waals surface area contributed by atoms with Gasteiger partial charge in [0.25, 0.3) is 5.91 Å². The van der Waals surface area contributed by atoms with E-state index in [0.29, 0.717) is 21.4 Å². The molecule has 2 aliphatic rings. The van der Waals surface area contributed by atoms with Crippen molar-refractivity contribution >= 4 is 46.2 Å². The number of fused-ring (bicyclic) bond motifs is 1. The number of carbonyl (C=O) groups excluding carboxylic acids is 1. The molecule has 0 fully saturated rings.